The highest BCUT2D eigenvalue weighted by Gasteiger charge is 2.05. The van der Waals surface area contributed by atoms with Crippen LogP contribution in [0.3, 0.4) is 0 Å². The molecule has 0 N–H and O–H groups in total. The lowest BCUT2D eigenvalue weighted by Crippen LogP contribution is -1.94. The summed E-state index contributed by atoms with van der Waals surface area (Å²) >= 11 is 5.89. The van der Waals surface area contributed by atoms with Gasteiger partial charge in [0.05, 0.1) is 12.8 Å². The predicted octanol–water partition coefficient (Wildman–Crippen LogP) is 3.11. The lowest BCUT2D eigenvalue weighted by Gasteiger charge is -2.04. The van der Waals surface area contributed by atoms with Gasteiger partial charge in [0.2, 0.25) is 0 Å². The molecule has 82 valence electrons. The standard InChI is InChI=1S/C12H11ClN2O/c1-8-4-3-5-9(6-8)10-7-11(13)15-12(14-10)16-2/h3-7H,1-2H3. The Kier molecular flexibility index (Phi) is 3.06. The van der Waals surface area contributed by atoms with E-state index < -0.39 is 0 Å². The summed E-state index contributed by atoms with van der Waals surface area (Å²) in [6, 6.07) is 10.0. The number of hydrogen-bond donors (Lipinski definition) is 0. The molecule has 1 aromatic heterocycles. The minimum Gasteiger partial charge on any atom is -0.467 e. The van der Waals surface area contributed by atoms with Gasteiger partial charge in [-0.2, -0.15) is 9.97 Å². The summed E-state index contributed by atoms with van der Waals surface area (Å²) in [5, 5.41) is 0.378. The molecule has 2 aromatic rings. The van der Waals surface area contributed by atoms with Gasteiger partial charge in [0.25, 0.3) is 0 Å². The zero-order valence-electron chi connectivity index (χ0n) is 9.07. The predicted molar refractivity (Wildman–Crippen MR) is 63.8 cm³/mol. The van der Waals surface area contributed by atoms with Crippen LogP contribution in [0.2, 0.25) is 5.15 Å². The van der Waals surface area contributed by atoms with Crippen LogP contribution < -0.4 is 4.74 Å². The van der Waals surface area contributed by atoms with E-state index in [4.69, 9.17) is 16.3 Å². The minimum atomic E-state index is 0.281. The van der Waals surface area contributed by atoms with E-state index in [9.17, 15) is 0 Å². The zero-order chi connectivity index (χ0) is 11.5. The molecule has 0 unspecified atom stereocenters. The fourth-order valence-corrected chi connectivity index (χ4v) is 1.62. The Morgan fingerprint density at radius 1 is 1.19 bits per heavy atom. The van der Waals surface area contributed by atoms with E-state index in [1.165, 1.54) is 12.7 Å². The van der Waals surface area contributed by atoms with Crippen molar-refractivity contribution in [2.24, 2.45) is 0 Å². The van der Waals surface area contributed by atoms with Crippen LogP contribution in [0.5, 0.6) is 6.01 Å². The van der Waals surface area contributed by atoms with Crippen LogP contribution in [0, 0.1) is 6.92 Å². The highest BCUT2D eigenvalue weighted by molar-refractivity contribution is 6.29. The number of halogens is 1. The molecule has 2 rings (SSSR count). The summed E-state index contributed by atoms with van der Waals surface area (Å²) in [6.45, 7) is 2.03. The van der Waals surface area contributed by atoms with Gasteiger partial charge in [-0.05, 0) is 13.0 Å². The Hall–Kier alpha value is -1.61. The average Bonchev–Trinajstić information content (AvgIpc) is 2.28. The Morgan fingerprint density at radius 3 is 2.69 bits per heavy atom. The highest BCUT2D eigenvalue weighted by atomic mass is 35.5. The first-order valence-corrected chi connectivity index (χ1v) is 5.22. The summed E-state index contributed by atoms with van der Waals surface area (Å²) in [5.74, 6) is 0. The zero-order valence-corrected chi connectivity index (χ0v) is 9.82. The van der Waals surface area contributed by atoms with E-state index in [1.54, 1.807) is 6.07 Å². The number of nitrogens with zero attached hydrogens (tertiary/aromatic N) is 2. The molecule has 0 saturated heterocycles. The number of hydrogen-bond acceptors (Lipinski definition) is 3. The summed E-state index contributed by atoms with van der Waals surface area (Å²) in [5.41, 5.74) is 2.94. The number of ether oxygens (including phenoxy) is 1. The third-order valence-corrected chi connectivity index (χ3v) is 2.36. The largest absolute Gasteiger partial charge is 0.467 e. The van der Waals surface area contributed by atoms with Crippen molar-refractivity contribution in [2.45, 2.75) is 6.92 Å². The fourth-order valence-electron chi connectivity index (χ4n) is 1.44. The molecule has 0 fully saturated rings. The molecule has 0 radical (unpaired) electrons. The number of aromatic nitrogens is 2. The van der Waals surface area contributed by atoms with Gasteiger partial charge in [-0.3, -0.25) is 0 Å². The average molecular weight is 235 g/mol. The van der Waals surface area contributed by atoms with Crippen LogP contribution in [0.15, 0.2) is 30.3 Å². The first-order chi connectivity index (χ1) is 7.69. The molecule has 0 bridgehead atoms. The highest BCUT2D eigenvalue weighted by Crippen LogP contribution is 2.22. The monoisotopic (exact) mass is 234 g/mol. The van der Waals surface area contributed by atoms with Gasteiger partial charge in [0.1, 0.15) is 5.15 Å². The van der Waals surface area contributed by atoms with E-state index in [-0.39, 0.29) is 6.01 Å². The molecule has 0 spiro atoms. The van der Waals surface area contributed by atoms with E-state index in [1.807, 2.05) is 31.2 Å². The molecular weight excluding hydrogens is 224 g/mol. The molecule has 0 aliphatic rings. The van der Waals surface area contributed by atoms with Crippen molar-refractivity contribution < 1.29 is 4.74 Å². The maximum absolute atomic E-state index is 5.89. The van der Waals surface area contributed by atoms with Gasteiger partial charge in [-0.25, -0.2) is 0 Å². The lowest BCUT2D eigenvalue weighted by atomic mass is 10.1. The van der Waals surface area contributed by atoms with Crippen LogP contribution in [-0.2, 0) is 0 Å². The number of rotatable bonds is 2. The van der Waals surface area contributed by atoms with Crippen molar-refractivity contribution in [3.63, 3.8) is 0 Å². The third kappa shape index (κ3) is 2.31. The van der Waals surface area contributed by atoms with Crippen LogP contribution in [0.1, 0.15) is 5.56 Å². The molecule has 0 amide bonds. The number of aryl methyl sites for hydroxylation is 1. The summed E-state index contributed by atoms with van der Waals surface area (Å²) in [7, 11) is 1.52. The van der Waals surface area contributed by atoms with Crippen LogP contribution in [-0.4, -0.2) is 17.1 Å². The molecule has 16 heavy (non-hydrogen) atoms. The van der Waals surface area contributed by atoms with Gasteiger partial charge < -0.3 is 4.74 Å². The summed E-state index contributed by atoms with van der Waals surface area (Å²) in [6.07, 6.45) is 0. The van der Waals surface area contributed by atoms with Crippen molar-refractivity contribution in [3.8, 4) is 17.3 Å². The van der Waals surface area contributed by atoms with Gasteiger partial charge in [0.15, 0.2) is 0 Å². The van der Waals surface area contributed by atoms with Crippen LogP contribution >= 0.6 is 11.6 Å². The smallest absolute Gasteiger partial charge is 0.318 e. The Morgan fingerprint density at radius 2 is 2.00 bits per heavy atom. The van der Waals surface area contributed by atoms with Crippen molar-refractivity contribution in [1.82, 2.24) is 9.97 Å². The molecule has 4 heteroatoms. The van der Waals surface area contributed by atoms with Gasteiger partial charge in [0, 0.05) is 11.6 Å². The molecule has 3 nitrogen and oxygen atoms in total. The number of methoxy groups -OCH3 is 1. The second kappa shape index (κ2) is 4.49. The second-order valence-corrected chi connectivity index (χ2v) is 3.82. The molecular formula is C12H11ClN2O. The molecule has 0 atom stereocenters. The van der Waals surface area contributed by atoms with Crippen molar-refractivity contribution >= 4 is 11.6 Å². The van der Waals surface area contributed by atoms with E-state index in [2.05, 4.69) is 9.97 Å². The van der Waals surface area contributed by atoms with Crippen LogP contribution in [0.25, 0.3) is 11.3 Å². The summed E-state index contributed by atoms with van der Waals surface area (Å²) in [4.78, 5) is 8.18. The summed E-state index contributed by atoms with van der Waals surface area (Å²) < 4.78 is 4.98. The maximum atomic E-state index is 5.89. The van der Waals surface area contributed by atoms with Gasteiger partial charge in [-0.15, -0.1) is 0 Å². The number of benzene rings is 1. The van der Waals surface area contributed by atoms with E-state index >= 15 is 0 Å². The quantitative estimate of drug-likeness (QED) is 0.749. The Labute approximate surface area is 99.1 Å². The third-order valence-electron chi connectivity index (χ3n) is 2.17. The molecule has 0 aliphatic carbocycles. The molecule has 1 heterocycles. The first kappa shape index (κ1) is 10.9. The topological polar surface area (TPSA) is 35.0 Å². The van der Waals surface area contributed by atoms with Crippen LogP contribution in [0.4, 0.5) is 0 Å². The normalized spacial score (nSPS) is 10.2. The Balaban J connectivity index is 2.51. The molecule has 1 aromatic carbocycles. The Bertz CT molecular complexity index is 514. The van der Waals surface area contributed by atoms with Crippen molar-refractivity contribution in [1.29, 1.82) is 0 Å². The van der Waals surface area contributed by atoms with Crippen molar-refractivity contribution in [3.05, 3.63) is 41.0 Å². The molecule has 0 aliphatic heterocycles. The lowest BCUT2D eigenvalue weighted by molar-refractivity contribution is 0.380. The maximum Gasteiger partial charge on any atom is 0.318 e. The first-order valence-electron chi connectivity index (χ1n) is 4.84. The minimum absolute atomic E-state index is 0.281. The fraction of sp³-hybridized carbons (Fsp3) is 0.167. The van der Waals surface area contributed by atoms with Gasteiger partial charge >= 0.3 is 6.01 Å². The second-order valence-electron chi connectivity index (χ2n) is 3.43. The SMILES string of the molecule is COc1nc(Cl)cc(-c2cccc(C)c2)n1. The van der Waals surface area contributed by atoms with E-state index in [0.29, 0.717) is 5.15 Å². The van der Waals surface area contributed by atoms with Gasteiger partial charge in [-0.1, -0.05) is 35.4 Å². The van der Waals surface area contributed by atoms with Crippen molar-refractivity contribution in [2.75, 3.05) is 7.11 Å². The molecule has 0 saturated carbocycles. The van der Waals surface area contributed by atoms with E-state index in [0.717, 1.165) is 11.3 Å².